The second-order valence-electron chi connectivity index (χ2n) is 8.13. The summed E-state index contributed by atoms with van der Waals surface area (Å²) in [6.07, 6.45) is 1.89. The van der Waals surface area contributed by atoms with E-state index in [1.165, 1.54) is 17.0 Å². The Labute approximate surface area is 190 Å². The number of carbonyl (C=O) groups excluding carboxylic acids is 2. The van der Waals surface area contributed by atoms with Crippen LogP contribution in [-0.2, 0) is 23.2 Å². The number of ketones is 1. The number of aliphatic hydroxyl groups excluding tert-OH is 1. The predicted octanol–water partition coefficient (Wildman–Crippen LogP) is 4.94. The number of Topliss-reactive ketones (excluding diaryl/α,β-unsaturated/α-hetero) is 1. The van der Waals surface area contributed by atoms with Gasteiger partial charge in [-0.3, -0.25) is 9.59 Å². The standard InChI is InChI=1S/C27H21FN2O3/c1-29-16-21(20-9-5-6-10-22(20)29)24-23(25(31)18-7-3-2-4-8-18)26(32)27(33)30(24)15-17-11-13-19(28)14-12-17/h2-14,16,24,31H,15H2,1H3/b25-23+. The number of para-hydroxylation sites is 1. The van der Waals surface area contributed by atoms with E-state index in [-0.39, 0.29) is 23.7 Å². The number of hydrogen-bond acceptors (Lipinski definition) is 3. The number of benzene rings is 3. The molecule has 1 saturated heterocycles. The fraction of sp³-hybridized carbons (Fsp3) is 0.111. The molecule has 0 saturated carbocycles. The molecule has 0 aliphatic carbocycles. The largest absolute Gasteiger partial charge is 0.507 e. The first kappa shape index (κ1) is 20.7. The van der Waals surface area contributed by atoms with Crippen LogP contribution < -0.4 is 0 Å². The number of nitrogens with zero attached hydrogens (tertiary/aromatic N) is 2. The molecule has 1 unspecified atom stereocenters. The van der Waals surface area contributed by atoms with Gasteiger partial charge in [0.2, 0.25) is 0 Å². The minimum atomic E-state index is -0.790. The van der Waals surface area contributed by atoms with Gasteiger partial charge in [-0.2, -0.15) is 0 Å². The molecule has 1 aliphatic rings. The number of halogens is 1. The Kier molecular flexibility index (Phi) is 5.05. The molecule has 1 fully saturated rings. The fourth-order valence-corrected chi connectivity index (χ4v) is 4.50. The monoisotopic (exact) mass is 440 g/mol. The average Bonchev–Trinajstić information content (AvgIpc) is 3.29. The maximum absolute atomic E-state index is 13.4. The molecular formula is C27H21FN2O3. The summed E-state index contributed by atoms with van der Waals surface area (Å²) >= 11 is 0. The zero-order valence-electron chi connectivity index (χ0n) is 17.9. The summed E-state index contributed by atoms with van der Waals surface area (Å²) in [5.41, 5.74) is 2.88. The van der Waals surface area contributed by atoms with Gasteiger partial charge in [0.15, 0.2) is 0 Å². The molecule has 1 amide bonds. The third-order valence-corrected chi connectivity index (χ3v) is 6.08. The minimum Gasteiger partial charge on any atom is -0.507 e. The van der Waals surface area contributed by atoms with Crippen molar-refractivity contribution in [1.82, 2.24) is 9.47 Å². The van der Waals surface area contributed by atoms with Crippen LogP contribution in [0, 0.1) is 5.82 Å². The number of fused-ring (bicyclic) bond motifs is 1. The van der Waals surface area contributed by atoms with Gasteiger partial charge in [0.05, 0.1) is 11.6 Å². The third-order valence-electron chi connectivity index (χ3n) is 6.08. The SMILES string of the molecule is Cn1cc(C2/C(=C(\O)c3ccccc3)C(=O)C(=O)N2Cc2ccc(F)cc2)c2ccccc21. The summed E-state index contributed by atoms with van der Waals surface area (Å²) in [5.74, 6) is -2.03. The Balaban J connectivity index is 1.72. The third kappa shape index (κ3) is 3.49. The normalized spacial score (nSPS) is 17.8. The van der Waals surface area contributed by atoms with E-state index in [2.05, 4.69) is 0 Å². The average molecular weight is 440 g/mol. The Morgan fingerprint density at radius 3 is 2.33 bits per heavy atom. The molecule has 1 aliphatic heterocycles. The van der Waals surface area contributed by atoms with Gasteiger partial charge in [-0.25, -0.2) is 4.39 Å². The Hall–Kier alpha value is -4.19. The summed E-state index contributed by atoms with van der Waals surface area (Å²) in [6.45, 7) is 0.101. The molecule has 5 nitrogen and oxygen atoms in total. The number of aryl methyl sites for hydroxylation is 1. The number of hydrogen-bond donors (Lipinski definition) is 1. The summed E-state index contributed by atoms with van der Waals surface area (Å²) in [5, 5.41) is 12.0. The second-order valence-corrected chi connectivity index (χ2v) is 8.13. The number of carbonyl (C=O) groups is 2. The van der Waals surface area contributed by atoms with Crippen molar-refractivity contribution >= 4 is 28.4 Å². The second kappa shape index (κ2) is 8.06. The summed E-state index contributed by atoms with van der Waals surface area (Å²) < 4.78 is 15.4. The van der Waals surface area contributed by atoms with Crippen molar-refractivity contribution in [2.45, 2.75) is 12.6 Å². The van der Waals surface area contributed by atoms with Crippen LogP contribution in [0.5, 0.6) is 0 Å². The molecule has 0 bridgehead atoms. The Morgan fingerprint density at radius 2 is 1.61 bits per heavy atom. The Bertz CT molecular complexity index is 1400. The van der Waals surface area contributed by atoms with Crippen LogP contribution in [0.4, 0.5) is 4.39 Å². The highest BCUT2D eigenvalue weighted by Gasteiger charge is 2.47. The molecule has 5 rings (SSSR count). The highest BCUT2D eigenvalue weighted by molar-refractivity contribution is 6.46. The summed E-state index contributed by atoms with van der Waals surface area (Å²) in [7, 11) is 1.90. The van der Waals surface area contributed by atoms with Crippen molar-refractivity contribution in [3.63, 3.8) is 0 Å². The van der Waals surface area contributed by atoms with Crippen molar-refractivity contribution in [3.8, 4) is 0 Å². The lowest BCUT2D eigenvalue weighted by atomic mass is 9.95. The van der Waals surface area contributed by atoms with Crippen molar-refractivity contribution in [2.24, 2.45) is 7.05 Å². The van der Waals surface area contributed by atoms with Crippen LogP contribution in [0.15, 0.2) is 90.6 Å². The van der Waals surface area contributed by atoms with Gasteiger partial charge in [0.1, 0.15) is 11.6 Å². The number of amides is 1. The molecule has 0 radical (unpaired) electrons. The van der Waals surface area contributed by atoms with Gasteiger partial charge >= 0.3 is 0 Å². The van der Waals surface area contributed by atoms with Crippen LogP contribution in [0.1, 0.15) is 22.7 Å². The van der Waals surface area contributed by atoms with Gasteiger partial charge < -0.3 is 14.6 Å². The van der Waals surface area contributed by atoms with Crippen LogP contribution in [0.2, 0.25) is 0 Å². The smallest absolute Gasteiger partial charge is 0.295 e. The maximum Gasteiger partial charge on any atom is 0.295 e. The molecule has 164 valence electrons. The highest BCUT2D eigenvalue weighted by Crippen LogP contribution is 2.43. The predicted molar refractivity (Wildman–Crippen MR) is 124 cm³/mol. The summed E-state index contributed by atoms with van der Waals surface area (Å²) in [6, 6.07) is 21.5. The van der Waals surface area contributed by atoms with E-state index in [1.807, 2.05) is 48.1 Å². The van der Waals surface area contributed by atoms with Crippen LogP contribution in [0.25, 0.3) is 16.7 Å². The van der Waals surface area contributed by atoms with E-state index >= 15 is 0 Å². The number of likely N-dealkylation sites (tertiary alicyclic amines) is 1. The van der Waals surface area contributed by atoms with E-state index in [0.29, 0.717) is 11.1 Å². The first-order chi connectivity index (χ1) is 16.0. The van der Waals surface area contributed by atoms with Gasteiger partial charge in [-0.15, -0.1) is 0 Å². The topological polar surface area (TPSA) is 62.5 Å². The first-order valence-corrected chi connectivity index (χ1v) is 10.6. The maximum atomic E-state index is 13.4. The lowest BCUT2D eigenvalue weighted by Gasteiger charge is -2.25. The number of aromatic nitrogens is 1. The van der Waals surface area contributed by atoms with E-state index < -0.39 is 17.7 Å². The Morgan fingerprint density at radius 1 is 0.939 bits per heavy atom. The van der Waals surface area contributed by atoms with Crippen LogP contribution in [-0.4, -0.2) is 26.3 Å². The summed E-state index contributed by atoms with van der Waals surface area (Å²) in [4.78, 5) is 27.9. The quantitative estimate of drug-likeness (QED) is 0.278. The lowest BCUT2D eigenvalue weighted by Crippen LogP contribution is -2.29. The van der Waals surface area contributed by atoms with Gasteiger partial charge in [-0.1, -0.05) is 60.7 Å². The van der Waals surface area contributed by atoms with Gasteiger partial charge in [-0.05, 0) is 23.8 Å². The van der Waals surface area contributed by atoms with E-state index in [9.17, 15) is 19.1 Å². The molecule has 6 heteroatoms. The van der Waals surface area contributed by atoms with Crippen molar-refractivity contribution < 1.29 is 19.1 Å². The van der Waals surface area contributed by atoms with E-state index in [0.717, 1.165) is 16.5 Å². The molecule has 4 aromatic rings. The molecule has 3 aromatic carbocycles. The lowest BCUT2D eigenvalue weighted by molar-refractivity contribution is -0.140. The molecule has 1 aromatic heterocycles. The highest BCUT2D eigenvalue weighted by atomic mass is 19.1. The molecule has 0 spiro atoms. The fourth-order valence-electron chi connectivity index (χ4n) is 4.50. The minimum absolute atomic E-state index is 0.0460. The van der Waals surface area contributed by atoms with Gasteiger partial charge in [0.25, 0.3) is 11.7 Å². The van der Waals surface area contributed by atoms with E-state index in [4.69, 9.17) is 0 Å². The van der Waals surface area contributed by atoms with Crippen LogP contribution >= 0.6 is 0 Å². The van der Waals surface area contributed by atoms with Crippen LogP contribution in [0.3, 0.4) is 0 Å². The van der Waals surface area contributed by atoms with Gasteiger partial charge in [0, 0.05) is 41.8 Å². The van der Waals surface area contributed by atoms with Crippen molar-refractivity contribution in [3.05, 3.63) is 113 Å². The van der Waals surface area contributed by atoms with Crippen molar-refractivity contribution in [1.29, 1.82) is 0 Å². The molecule has 1 atom stereocenters. The zero-order chi connectivity index (χ0) is 23.1. The number of aliphatic hydroxyl groups is 1. The van der Waals surface area contributed by atoms with Crippen molar-refractivity contribution in [2.75, 3.05) is 0 Å². The number of rotatable bonds is 4. The first-order valence-electron chi connectivity index (χ1n) is 10.6. The molecule has 2 heterocycles. The van der Waals surface area contributed by atoms with E-state index in [1.54, 1.807) is 36.4 Å². The molecule has 1 N–H and O–H groups in total. The molecular weight excluding hydrogens is 419 g/mol. The molecule has 33 heavy (non-hydrogen) atoms. The zero-order valence-corrected chi connectivity index (χ0v) is 17.9.